The van der Waals surface area contributed by atoms with Gasteiger partial charge >= 0.3 is 0 Å². The summed E-state index contributed by atoms with van der Waals surface area (Å²) < 4.78 is 0. The molecule has 1 heterocycles. The van der Waals surface area contributed by atoms with Gasteiger partial charge in [-0.15, -0.1) is 0 Å². The van der Waals surface area contributed by atoms with Gasteiger partial charge < -0.3 is 4.98 Å². The van der Waals surface area contributed by atoms with Crippen LogP contribution in [0, 0.1) is 0 Å². The highest BCUT2D eigenvalue weighted by Crippen LogP contribution is 2.15. The topological polar surface area (TPSA) is 28.7 Å². The molecule has 2 nitrogen and oxygen atoms in total. The van der Waals surface area contributed by atoms with Gasteiger partial charge in [0.05, 0.1) is 17.7 Å². The highest BCUT2D eigenvalue weighted by molar-refractivity contribution is 5.69. The lowest BCUT2D eigenvalue weighted by Gasteiger charge is -1.95. The lowest BCUT2D eigenvalue weighted by molar-refractivity contribution is 1.29. The first-order valence-corrected chi connectivity index (χ1v) is 3.75. The van der Waals surface area contributed by atoms with Crippen LogP contribution in [0.1, 0.15) is 18.3 Å². The third kappa shape index (κ3) is 1.53. The molecule has 0 aliphatic rings. The molecule has 0 amide bonds. The predicted molar refractivity (Wildman–Crippen MR) is 52.5 cm³/mol. The van der Waals surface area contributed by atoms with Gasteiger partial charge in [-0.05, 0) is 18.6 Å². The van der Waals surface area contributed by atoms with Crippen molar-refractivity contribution in [2.24, 2.45) is 0 Å². The van der Waals surface area contributed by atoms with Crippen LogP contribution in [0.5, 0.6) is 0 Å². The van der Waals surface area contributed by atoms with Crippen LogP contribution in [0.2, 0.25) is 0 Å². The van der Waals surface area contributed by atoms with Gasteiger partial charge in [0, 0.05) is 0 Å². The highest BCUT2D eigenvalue weighted by atomic mass is 14.9. The van der Waals surface area contributed by atoms with E-state index in [1.54, 1.807) is 18.5 Å². The summed E-state index contributed by atoms with van der Waals surface area (Å²) in [4.78, 5) is 7.15. The molecule has 1 N–H and O–H groups in total. The molecular formula is C10H12N2. The minimum Gasteiger partial charge on any atom is -0.345 e. The van der Waals surface area contributed by atoms with E-state index in [0.29, 0.717) is 0 Å². The summed E-state index contributed by atoms with van der Waals surface area (Å²) in [6.07, 6.45) is 7.08. The smallest absolute Gasteiger partial charge is 0.0931 e. The monoisotopic (exact) mass is 160 g/mol. The predicted octanol–water partition coefficient (Wildman–Crippen LogP) is 2.64. The Labute approximate surface area is 72.3 Å². The molecule has 0 saturated carbocycles. The van der Waals surface area contributed by atoms with Gasteiger partial charge in [-0.25, -0.2) is 4.98 Å². The maximum absolute atomic E-state index is 4.16. The number of aromatic nitrogens is 2. The molecule has 0 radical (unpaired) electrons. The number of hydrogen-bond acceptors (Lipinski definition) is 1. The van der Waals surface area contributed by atoms with Crippen molar-refractivity contribution in [3.05, 3.63) is 43.0 Å². The first kappa shape index (κ1) is 8.53. The molecule has 0 unspecified atom stereocenters. The van der Waals surface area contributed by atoms with E-state index < -0.39 is 0 Å². The Kier molecular flexibility index (Phi) is 2.64. The van der Waals surface area contributed by atoms with E-state index in [1.165, 1.54) is 0 Å². The van der Waals surface area contributed by atoms with Gasteiger partial charge in [-0.1, -0.05) is 25.3 Å². The molecule has 0 aliphatic heterocycles. The summed E-state index contributed by atoms with van der Waals surface area (Å²) >= 11 is 0. The van der Waals surface area contributed by atoms with Crippen molar-refractivity contribution in [1.29, 1.82) is 0 Å². The van der Waals surface area contributed by atoms with Gasteiger partial charge in [0.15, 0.2) is 0 Å². The Morgan fingerprint density at radius 1 is 1.58 bits per heavy atom. The van der Waals surface area contributed by atoms with E-state index in [0.717, 1.165) is 17.0 Å². The molecule has 0 atom stereocenters. The molecular weight excluding hydrogens is 148 g/mol. The largest absolute Gasteiger partial charge is 0.345 e. The molecule has 62 valence electrons. The number of aromatic amines is 1. The first-order chi connectivity index (χ1) is 5.79. The average molecular weight is 160 g/mol. The molecule has 0 bridgehead atoms. The molecule has 2 heteroatoms. The quantitative estimate of drug-likeness (QED) is 0.676. The van der Waals surface area contributed by atoms with Crippen LogP contribution in [0.15, 0.2) is 31.6 Å². The third-order valence-corrected chi connectivity index (χ3v) is 1.61. The fourth-order valence-electron chi connectivity index (χ4n) is 1.03. The molecule has 0 spiro atoms. The minimum absolute atomic E-state index is 0.935. The number of nitrogens with zero attached hydrogens (tertiary/aromatic N) is 1. The van der Waals surface area contributed by atoms with Crippen molar-refractivity contribution >= 4 is 11.6 Å². The van der Waals surface area contributed by atoms with Crippen molar-refractivity contribution in [1.82, 2.24) is 9.97 Å². The summed E-state index contributed by atoms with van der Waals surface area (Å²) in [5.74, 6) is 0. The molecule has 0 aromatic carbocycles. The lowest BCUT2D eigenvalue weighted by Crippen LogP contribution is -1.82. The van der Waals surface area contributed by atoms with Crippen LogP contribution in [0.3, 0.4) is 0 Å². The van der Waals surface area contributed by atoms with E-state index in [9.17, 15) is 0 Å². The Morgan fingerprint density at radius 3 is 2.92 bits per heavy atom. The van der Waals surface area contributed by atoms with Crippen LogP contribution in [-0.2, 0) is 0 Å². The Morgan fingerprint density at radius 2 is 2.33 bits per heavy atom. The third-order valence-electron chi connectivity index (χ3n) is 1.61. The second-order valence-corrected chi connectivity index (χ2v) is 2.45. The van der Waals surface area contributed by atoms with Gasteiger partial charge in [0.1, 0.15) is 0 Å². The summed E-state index contributed by atoms with van der Waals surface area (Å²) in [5, 5.41) is 0. The van der Waals surface area contributed by atoms with Gasteiger partial charge in [0.2, 0.25) is 0 Å². The molecule has 1 aromatic heterocycles. The summed E-state index contributed by atoms with van der Waals surface area (Å²) in [7, 11) is 0. The summed E-state index contributed by atoms with van der Waals surface area (Å²) in [6.45, 7) is 9.30. The fraction of sp³-hybridized carbons (Fsp3) is 0.100. The molecule has 0 aliphatic carbocycles. The number of H-pyrrole nitrogens is 1. The number of nitrogens with one attached hydrogen (secondary N) is 1. The summed E-state index contributed by atoms with van der Waals surface area (Å²) in [6, 6.07) is 0. The van der Waals surface area contributed by atoms with E-state index in [-0.39, 0.29) is 0 Å². The molecule has 0 saturated heterocycles. The molecule has 1 aromatic rings. The lowest BCUT2D eigenvalue weighted by atomic mass is 10.1. The zero-order valence-electron chi connectivity index (χ0n) is 7.17. The van der Waals surface area contributed by atoms with E-state index in [2.05, 4.69) is 23.1 Å². The van der Waals surface area contributed by atoms with E-state index >= 15 is 0 Å². The minimum atomic E-state index is 0.935. The Bertz CT molecular complexity index is 318. The maximum atomic E-state index is 4.16. The van der Waals surface area contributed by atoms with Gasteiger partial charge in [-0.3, -0.25) is 0 Å². The van der Waals surface area contributed by atoms with Crippen LogP contribution in [0.4, 0.5) is 0 Å². The van der Waals surface area contributed by atoms with Crippen LogP contribution >= 0.6 is 0 Å². The molecule has 0 fully saturated rings. The highest BCUT2D eigenvalue weighted by Gasteiger charge is 2.02. The SMILES string of the molecule is C=C/C=C(/C)c1nc[nH]c1C=C. The van der Waals surface area contributed by atoms with Crippen molar-refractivity contribution in [2.75, 3.05) is 0 Å². The molecule has 12 heavy (non-hydrogen) atoms. The Balaban J connectivity index is 3.09. The van der Waals surface area contributed by atoms with Crippen LogP contribution in [-0.4, -0.2) is 9.97 Å². The van der Waals surface area contributed by atoms with Crippen LogP contribution < -0.4 is 0 Å². The van der Waals surface area contributed by atoms with Gasteiger partial charge in [-0.2, -0.15) is 0 Å². The first-order valence-electron chi connectivity index (χ1n) is 3.75. The van der Waals surface area contributed by atoms with E-state index in [4.69, 9.17) is 0 Å². The zero-order chi connectivity index (χ0) is 8.97. The number of rotatable bonds is 3. The zero-order valence-corrected chi connectivity index (χ0v) is 7.17. The second kappa shape index (κ2) is 3.72. The maximum Gasteiger partial charge on any atom is 0.0931 e. The van der Waals surface area contributed by atoms with Crippen molar-refractivity contribution in [2.45, 2.75) is 6.92 Å². The van der Waals surface area contributed by atoms with Crippen molar-refractivity contribution in [3.63, 3.8) is 0 Å². The molecule has 1 rings (SSSR count). The summed E-state index contributed by atoms with van der Waals surface area (Å²) in [5.41, 5.74) is 2.97. The average Bonchev–Trinajstić information content (AvgIpc) is 2.51. The van der Waals surface area contributed by atoms with E-state index in [1.807, 2.05) is 13.0 Å². The second-order valence-electron chi connectivity index (χ2n) is 2.45. The van der Waals surface area contributed by atoms with Gasteiger partial charge in [0.25, 0.3) is 0 Å². The Hall–Kier alpha value is -1.57. The fourth-order valence-corrected chi connectivity index (χ4v) is 1.03. The van der Waals surface area contributed by atoms with Crippen LogP contribution in [0.25, 0.3) is 11.6 Å². The van der Waals surface area contributed by atoms with Crippen molar-refractivity contribution in [3.8, 4) is 0 Å². The normalized spacial score (nSPS) is 11.2. The number of allylic oxidation sites excluding steroid dienone is 3. The number of hydrogen-bond donors (Lipinski definition) is 1. The van der Waals surface area contributed by atoms with Crippen molar-refractivity contribution < 1.29 is 0 Å². The number of imidazole rings is 1. The standard InChI is InChI=1S/C10H12N2/c1-4-6-8(3)10-9(5-2)11-7-12-10/h4-7H,1-2H2,3H3,(H,11,12)/b8-6-.